The molecule has 134 valence electrons. The van der Waals surface area contributed by atoms with Crippen LogP contribution in [0.5, 0.6) is 0 Å². The van der Waals surface area contributed by atoms with Crippen molar-refractivity contribution in [2.75, 3.05) is 16.8 Å². The minimum Gasteiger partial charge on any atom is -0.323 e. The number of nitrogens with one attached hydrogen (secondary N) is 1. The third-order valence-electron chi connectivity index (χ3n) is 4.06. The summed E-state index contributed by atoms with van der Waals surface area (Å²) in [5.74, 6) is -2.39. The molecule has 0 bridgehead atoms. The van der Waals surface area contributed by atoms with E-state index in [1.165, 1.54) is 4.90 Å². The molecule has 1 saturated heterocycles. The van der Waals surface area contributed by atoms with E-state index >= 15 is 0 Å². The van der Waals surface area contributed by atoms with Gasteiger partial charge >= 0.3 is 0 Å². The van der Waals surface area contributed by atoms with Gasteiger partial charge in [-0.1, -0.05) is 23.7 Å². The third kappa shape index (κ3) is 3.50. The number of nitro benzene ring substituents is 1. The van der Waals surface area contributed by atoms with Crippen LogP contribution in [-0.4, -0.2) is 23.3 Å². The highest BCUT2D eigenvalue weighted by Crippen LogP contribution is 2.31. The van der Waals surface area contributed by atoms with E-state index in [-0.39, 0.29) is 30.2 Å². The van der Waals surface area contributed by atoms with Gasteiger partial charge in [0.15, 0.2) is 0 Å². The lowest BCUT2D eigenvalue weighted by Crippen LogP contribution is -2.28. The number of amides is 2. The number of non-ortho nitro benzene ring substituents is 1. The predicted octanol–water partition coefficient (Wildman–Crippen LogP) is 3.38. The van der Waals surface area contributed by atoms with Gasteiger partial charge in [0, 0.05) is 25.1 Å². The van der Waals surface area contributed by atoms with Gasteiger partial charge in [0.1, 0.15) is 5.82 Å². The minimum absolute atomic E-state index is 0.0619. The van der Waals surface area contributed by atoms with Crippen molar-refractivity contribution < 1.29 is 18.9 Å². The normalized spacial score (nSPS) is 16.6. The van der Waals surface area contributed by atoms with E-state index in [1.54, 1.807) is 24.3 Å². The molecule has 1 atom stereocenters. The molecule has 0 aliphatic carbocycles. The van der Waals surface area contributed by atoms with Crippen LogP contribution < -0.4 is 10.2 Å². The molecule has 2 amide bonds. The second kappa shape index (κ2) is 7.09. The molecule has 2 aromatic rings. The summed E-state index contributed by atoms with van der Waals surface area (Å²) in [6.07, 6.45) is -0.0619. The molecule has 3 rings (SSSR count). The third-order valence-corrected chi connectivity index (χ3v) is 4.38. The van der Waals surface area contributed by atoms with Crippen molar-refractivity contribution in [3.8, 4) is 0 Å². The molecule has 0 saturated carbocycles. The maximum absolute atomic E-state index is 13.8. The van der Waals surface area contributed by atoms with E-state index in [9.17, 15) is 24.1 Å². The summed E-state index contributed by atoms with van der Waals surface area (Å²) in [5.41, 5.74) is -0.147. The van der Waals surface area contributed by atoms with E-state index in [2.05, 4.69) is 5.32 Å². The number of benzene rings is 2. The highest BCUT2D eigenvalue weighted by Gasteiger charge is 2.36. The fraction of sp³-hybridized carbons (Fsp3) is 0.176. The van der Waals surface area contributed by atoms with Crippen molar-refractivity contribution in [3.63, 3.8) is 0 Å². The average molecular weight is 378 g/mol. The standard InChI is InChI=1S/C17H13ClFN3O4/c18-12-3-1-2-4-15(12)21-9-10(7-16(21)23)17(24)20-14-8-11(22(25)26)5-6-13(14)19/h1-6,8,10H,7,9H2,(H,20,24). The van der Waals surface area contributed by atoms with Gasteiger partial charge in [0.05, 0.1) is 27.2 Å². The zero-order chi connectivity index (χ0) is 18.8. The Balaban J connectivity index is 1.76. The molecule has 2 aromatic carbocycles. The Morgan fingerprint density at radius 2 is 2.04 bits per heavy atom. The van der Waals surface area contributed by atoms with Crippen molar-refractivity contribution in [3.05, 3.63) is 63.4 Å². The first-order valence-electron chi connectivity index (χ1n) is 7.66. The number of anilines is 2. The van der Waals surface area contributed by atoms with Gasteiger partial charge in [-0.05, 0) is 18.2 Å². The van der Waals surface area contributed by atoms with Gasteiger partial charge in [-0.25, -0.2) is 4.39 Å². The summed E-state index contributed by atoms with van der Waals surface area (Å²) in [5, 5.41) is 13.5. The minimum atomic E-state index is -0.795. The molecule has 1 heterocycles. The van der Waals surface area contributed by atoms with Crippen LogP contribution in [0.1, 0.15) is 6.42 Å². The van der Waals surface area contributed by atoms with Crippen LogP contribution in [0.4, 0.5) is 21.5 Å². The second-order valence-electron chi connectivity index (χ2n) is 5.77. The van der Waals surface area contributed by atoms with Crippen molar-refractivity contribution in [1.29, 1.82) is 0 Å². The maximum atomic E-state index is 13.8. The van der Waals surface area contributed by atoms with Gasteiger partial charge < -0.3 is 10.2 Å². The van der Waals surface area contributed by atoms with Crippen molar-refractivity contribution in [2.45, 2.75) is 6.42 Å². The van der Waals surface area contributed by atoms with Gasteiger partial charge in [0.2, 0.25) is 11.8 Å². The SMILES string of the molecule is O=C(Nc1cc([N+](=O)[O-])ccc1F)C1CC(=O)N(c2ccccc2Cl)C1. The molecular formula is C17H13ClFN3O4. The van der Waals surface area contributed by atoms with Crippen LogP contribution in [0.15, 0.2) is 42.5 Å². The number of nitrogens with zero attached hydrogens (tertiary/aromatic N) is 2. The van der Waals surface area contributed by atoms with Gasteiger partial charge in [-0.15, -0.1) is 0 Å². The highest BCUT2D eigenvalue weighted by atomic mass is 35.5. The fourth-order valence-corrected chi connectivity index (χ4v) is 2.98. The Bertz CT molecular complexity index is 905. The lowest BCUT2D eigenvalue weighted by molar-refractivity contribution is -0.384. The van der Waals surface area contributed by atoms with Crippen LogP contribution >= 0.6 is 11.6 Å². The van der Waals surface area contributed by atoms with E-state index in [0.29, 0.717) is 10.7 Å². The number of halogens is 2. The molecule has 9 heteroatoms. The molecule has 0 aromatic heterocycles. The summed E-state index contributed by atoms with van der Waals surface area (Å²) in [6, 6.07) is 9.60. The Morgan fingerprint density at radius 3 is 2.73 bits per heavy atom. The van der Waals surface area contributed by atoms with Crippen LogP contribution in [0.25, 0.3) is 0 Å². The fourth-order valence-electron chi connectivity index (χ4n) is 2.74. The topological polar surface area (TPSA) is 92.5 Å². The molecule has 1 N–H and O–H groups in total. The summed E-state index contributed by atoms with van der Waals surface area (Å²) < 4.78 is 13.8. The summed E-state index contributed by atoms with van der Waals surface area (Å²) >= 11 is 6.09. The zero-order valence-corrected chi connectivity index (χ0v) is 14.1. The van der Waals surface area contributed by atoms with Crippen molar-refractivity contribution >= 4 is 40.5 Å². The Morgan fingerprint density at radius 1 is 1.31 bits per heavy atom. The second-order valence-corrected chi connectivity index (χ2v) is 6.17. The number of para-hydroxylation sites is 1. The van der Waals surface area contributed by atoms with Crippen molar-refractivity contribution in [1.82, 2.24) is 0 Å². The average Bonchev–Trinajstić information content (AvgIpc) is 2.99. The molecule has 0 radical (unpaired) electrons. The number of carbonyl (C=O) groups excluding carboxylic acids is 2. The first-order chi connectivity index (χ1) is 12.4. The number of hydrogen-bond donors (Lipinski definition) is 1. The lowest BCUT2D eigenvalue weighted by Gasteiger charge is -2.18. The molecule has 1 fully saturated rings. The molecule has 0 spiro atoms. The van der Waals surface area contributed by atoms with Crippen molar-refractivity contribution in [2.24, 2.45) is 5.92 Å². The summed E-state index contributed by atoms with van der Waals surface area (Å²) in [6.45, 7) is 0.0882. The van der Waals surface area contributed by atoms with E-state index in [0.717, 1.165) is 18.2 Å². The maximum Gasteiger partial charge on any atom is 0.271 e. The van der Waals surface area contributed by atoms with Gasteiger partial charge in [0.25, 0.3) is 5.69 Å². The molecule has 1 unspecified atom stereocenters. The number of rotatable bonds is 4. The van der Waals surface area contributed by atoms with E-state index in [4.69, 9.17) is 11.6 Å². The lowest BCUT2D eigenvalue weighted by atomic mass is 10.1. The monoisotopic (exact) mass is 377 g/mol. The Labute approximate surface area is 152 Å². The number of carbonyl (C=O) groups is 2. The molecule has 1 aliphatic rings. The molecule has 1 aliphatic heterocycles. The van der Waals surface area contributed by atoms with Crippen LogP contribution in [0.3, 0.4) is 0 Å². The van der Waals surface area contributed by atoms with E-state index < -0.39 is 22.6 Å². The van der Waals surface area contributed by atoms with Gasteiger partial charge in [-0.3, -0.25) is 19.7 Å². The highest BCUT2D eigenvalue weighted by molar-refractivity contribution is 6.33. The largest absolute Gasteiger partial charge is 0.323 e. The molecular weight excluding hydrogens is 365 g/mol. The quantitative estimate of drug-likeness (QED) is 0.653. The van der Waals surface area contributed by atoms with Crippen LogP contribution in [-0.2, 0) is 9.59 Å². The summed E-state index contributed by atoms with van der Waals surface area (Å²) in [7, 11) is 0. The number of nitro groups is 1. The molecule has 26 heavy (non-hydrogen) atoms. The first-order valence-corrected chi connectivity index (χ1v) is 8.04. The van der Waals surface area contributed by atoms with Crippen LogP contribution in [0.2, 0.25) is 5.02 Å². The van der Waals surface area contributed by atoms with E-state index in [1.807, 2.05) is 0 Å². The summed E-state index contributed by atoms with van der Waals surface area (Å²) in [4.78, 5) is 36.1. The van der Waals surface area contributed by atoms with Crippen LogP contribution in [0, 0.1) is 21.8 Å². The Hall–Kier alpha value is -3.00. The zero-order valence-electron chi connectivity index (χ0n) is 13.3. The molecule has 7 nitrogen and oxygen atoms in total. The first kappa shape index (κ1) is 17.8. The number of hydrogen-bond acceptors (Lipinski definition) is 4. The smallest absolute Gasteiger partial charge is 0.271 e. The Kier molecular flexibility index (Phi) is 4.85. The predicted molar refractivity (Wildman–Crippen MR) is 93.6 cm³/mol. The van der Waals surface area contributed by atoms with Gasteiger partial charge in [-0.2, -0.15) is 0 Å².